The molecule has 12 nitrogen and oxygen atoms in total. The summed E-state index contributed by atoms with van der Waals surface area (Å²) in [6.45, 7) is 4.25. The molecular formula is C28H38Br2N6O6. The highest BCUT2D eigenvalue weighted by molar-refractivity contribution is 5.33. The zero-order valence-corrected chi connectivity index (χ0v) is 27.5. The van der Waals surface area contributed by atoms with E-state index < -0.39 is 9.85 Å². The first-order valence-corrected chi connectivity index (χ1v) is 13.1. The third-order valence-corrected chi connectivity index (χ3v) is 6.45. The van der Waals surface area contributed by atoms with Crippen LogP contribution >= 0.6 is 0 Å². The molecule has 230 valence electrons. The molecular weight excluding hydrogens is 676 g/mol. The highest BCUT2D eigenvalue weighted by atomic mass is 79.9. The summed E-state index contributed by atoms with van der Waals surface area (Å²) in [5, 5.41) is 29.9. The molecule has 42 heavy (non-hydrogen) atoms. The van der Waals surface area contributed by atoms with Gasteiger partial charge in [0.2, 0.25) is 11.8 Å². The SMILES string of the molecule is C[N+](C)(CCCOc1ccc(OCCC[N+](C)(C)Cc2ccc([N+](=O)[O-])cc2)nn1)Cc1ccc([N+](=O)[O-])cc1.[Br-].[Br-]. The Bertz CT molecular complexity index is 1160. The molecule has 0 atom stereocenters. The Hall–Kier alpha value is -3.20. The molecule has 0 aliphatic rings. The zero-order chi connectivity index (χ0) is 29.2. The van der Waals surface area contributed by atoms with Gasteiger partial charge in [-0.25, -0.2) is 0 Å². The lowest BCUT2D eigenvalue weighted by molar-refractivity contribution is -0.903. The van der Waals surface area contributed by atoms with Crippen LogP contribution in [0.2, 0.25) is 0 Å². The number of nitro benzene ring substituents is 2. The largest absolute Gasteiger partial charge is 1.00 e. The number of benzene rings is 2. The Balaban J connectivity index is 0.00000441. The van der Waals surface area contributed by atoms with Crippen molar-refractivity contribution in [2.45, 2.75) is 25.9 Å². The van der Waals surface area contributed by atoms with Crippen molar-refractivity contribution in [3.63, 3.8) is 0 Å². The third kappa shape index (κ3) is 12.8. The van der Waals surface area contributed by atoms with Gasteiger partial charge in [-0.1, -0.05) is 0 Å². The average Bonchev–Trinajstić information content (AvgIpc) is 2.90. The molecule has 0 aliphatic carbocycles. The summed E-state index contributed by atoms with van der Waals surface area (Å²) in [5.74, 6) is 0.878. The van der Waals surface area contributed by atoms with Gasteiger partial charge < -0.3 is 52.4 Å². The molecule has 0 amide bonds. The molecule has 0 saturated carbocycles. The van der Waals surface area contributed by atoms with Crippen molar-refractivity contribution in [2.75, 3.05) is 54.5 Å². The maximum Gasteiger partial charge on any atom is 0.269 e. The standard InChI is InChI=1S/C28H38N6O6.2BrH/c1-33(2,21-23-7-11-25(12-8-23)31(35)36)17-5-19-39-27-15-16-28(30-29-27)40-20-6-18-34(3,4)22-24-9-13-26(14-10-24)32(37)38;;/h7-16H,5-6,17-22H2,1-4H3;2*1H/q+2;;/p-2. The first-order valence-electron chi connectivity index (χ1n) is 13.1. The zero-order valence-electron chi connectivity index (χ0n) is 24.3. The normalized spacial score (nSPS) is 11.1. The summed E-state index contributed by atoms with van der Waals surface area (Å²) in [4.78, 5) is 20.9. The second kappa shape index (κ2) is 17.0. The highest BCUT2D eigenvalue weighted by Crippen LogP contribution is 2.18. The van der Waals surface area contributed by atoms with Crippen molar-refractivity contribution in [1.29, 1.82) is 0 Å². The number of halogens is 2. The lowest BCUT2D eigenvalue weighted by atomic mass is 10.2. The number of nitrogens with zero attached hydrogens (tertiary/aromatic N) is 6. The van der Waals surface area contributed by atoms with Gasteiger partial charge >= 0.3 is 0 Å². The van der Waals surface area contributed by atoms with Crippen molar-refractivity contribution >= 4 is 11.4 Å². The first kappa shape index (κ1) is 36.8. The summed E-state index contributed by atoms with van der Waals surface area (Å²) >= 11 is 0. The fourth-order valence-electron chi connectivity index (χ4n) is 4.39. The Morgan fingerprint density at radius 2 is 0.952 bits per heavy atom. The molecule has 0 unspecified atom stereocenters. The van der Waals surface area contributed by atoms with Gasteiger partial charge in [0, 0.05) is 60.4 Å². The van der Waals surface area contributed by atoms with Crippen molar-refractivity contribution in [3.8, 4) is 11.8 Å². The fourth-order valence-corrected chi connectivity index (χ4v) is 4.39. The molecule has 0 spiro atoms. The number of hydrogen-bond donors (Lipinski definition) is 0. The van der Waals surface area contributed by atoms with E-state index in [1.54, 1.807) is 36.4 Å². The van der Waals surface area contributed by atoms with Crippen LogP contribution < -0.4 is 43.4 Å². The van der Waals surface area contributed by atoms with E-state index in [1.807, 2.05) is 0 Å². The van der Waals surface area contributed by atoms with E-state index in [-0.39, 0.29) is 45.3 Å². The van der Waals surface area contributed by atoms with Crippen LogP contribution in [-0.2, 0) is 13.1 Å². The molecule has 0 fully saturated rings. The van der Waals surface area contributed by atoms with Gasteiger partial charge in [0.1, 0.15) is 13.1 Å². The molecule has 2 aromatic carbocycles. The quantitative estimate of drug-likeness (QED) is 0.0751. The van der Waals surface area contributed by atoms with Crippen molar-refractivity contribution in [3.05, 3.63) is 92.0 Å². The molecule has 3 rings (SSSR count). The van der Waals surface area contributed by atoms with E-state index in [0.717, 1.165) is 59.1 Å². The number of non-ortho nitro benzene ring substituents is 2. The van der Waals surface area contributed by atoms with Crippen LogP contribution in [0.25, 0.3) is 0 Å². The number of aromatic nitrogens is 2. The van der Waals surface area contributed by atoms with Gasteiger partial charge in [-0.05, 0) is 24.3 Å². The van der Waals surface area contributed by atoms with E-state index in [1.165, 1.54) is 24.3 Å². The predicted molar refractivity (Wildman–Crippen MR) is 150 cm³/mol. The monoisotopic (exact) mass is 712 g/mol. The summed E-state index contributed by atoms with van der Waals surface area (Å²) in [5.41, 5.74) is 2.29. The smallest absolute Gasteiger partial charge is 0.269 e. The minimum atomic E-state index is -0.391. The van der Waals surface area contributed by atoms with Crippen LogP contribution in [0.3, 0.4) is 0 Å². The van der Waals surface area contributed by atoms with Crippen LogP contribution in [-0.4, -0.2) is 83.5 Å². The average molecular weight is 714 g/mol. The predicted octanol–water partition coefficient (Wildman–Crippen LogP) is -1.61. The van der Waals surface area contributed by atoms with Crippen LogP contribution in [0.4, 0.5) is 11.4 Å². The Labute approximate surface area is 267 Å². The maximum atomic E-state index is 10.8. The van der Waals surface area contributed by atoms with Crippen molar-refractivity contribution in [1.82, 2.24) is 10.2 Å². The molecule has 0 aliphatic heterocycles. The molecule has 0 radical (unpaired) electrons. The molecule has 1 heterocycles. The van der Waals surface area contributed by atoms with Crippen molar-refractivity contribution < 1.29 is 62.2 Å². The molecule has 3 aromatic rings. The van der Waals surface area contributed by atoms with Crippen LogP contribution in [0, 0.1) is 20.2 Å². The van der Waals surface area contributed by atoms with Gasteiger partial charge in [0.05, 0.1) is 64.3 Å². The van der Waals surface area contributed by atoms with Gasteiger partial charge in [-0.15, -0.1) is 10.2 Å². The molecule has 0 N–H and O–H groups in total. The Kier molecular flexibility index (Phi) is 14.9. The maximum absolute atomic E-state index is 10.8. The minimum Gasteiger partial charge on any atom is -1.00 e. The highest BCUT2D eigenvalue weighted by Gasteiger charge is 2.18. The van der Waals surface area contributed by atoms with Crippen molar-refractivity contribution in [2.24, 2.45) is 0 Å². The lowest BCUT2D eigenvalue weighted by Gasteiger charge is -2.30. The molecule has 0 bridgehead atoms. The topological polar surface area (TPSA) is 131 Å². The van der Waals surface area contributed by atoms with Crippen LogP contribution in [0.5, 0.6) is 11.8 Å². The summed E-state index contributed by atoms with van der Waals surface area (Å²) in [7, 11) is 8.46. The van der Waals surface area contributed by atoms with Crippen LogP contribution in [0.1, 0.15) is 24.0 Å². The number of quaternary nitrogens is 2. The van der Waals surface area contributed by atoms with Crippen LogP contribution in [0.15, 0.2) is 60.7 Å². The van der Waals surface area contributed by atoms with Gasteiger partial charge in [0.25, 0.3) is 11.4 Å². The first-order chi connectivity index (χ1) is 18.9. The van der Waals surface area contributed by atoms with E-state index in [2.05, 4.69) is 38.4 Å². The second-order valence-electron chi connectivity index (χ2n) is 11.1. The Morgan fingerprint density at radius 1 is 0.619 bits per heavy atom. The fraction of sp³-hybridized carbons (Fsp3) is 0.429. The molecule has 1 aromatic heterocycles. The van der Waals surface area contributed by atoms with Gasteiger partial charge in [-0.2, -0.15) is 0 Å². The van der Waals surface area contributed by atoms with E-state index in [9.17, 15) is 20.2 Å². The van der Waals surface area contributed by atoms with Gasteiger partial charge in [0.15, 0.2) is 0 Å². The lowest BCUT2D eigenvalue weighted by Crippen LogP contribution is -3.00. The second-order valence-corrected chi connectivity index (χ2v) is 11.1. The minimum absolute atomic E-state index is 0. The number of nitro groups is 2. The number of ether oxygens (including phenoxy) is 2. The van der Waals surface area contributed by atoms with Gasteiger partial charge in [-0.3, -0.25) is 20.2 Å². The van der Waals surface area contributed by atoms with E-state index in [4.69, 9.17) is 9.47 Å². The number of hydrogen-bond acceptors (Lipinski definition) is 8. The molecule has 0 saturated heterocycles. The summed E-state index contributed by atoms with van der Waals surface area (Å²) < 4.78 is 12.9. The number of rotatable bonds is 16. The third-order valence-electron chi connectivity index (χ3n) is 6.45. The summed E-state index contributed by atoms with van der Waals surface area (Å²) in [6, 6.07) is 16.8. The van der Waals surface area contributed by atoms with E-state index in [0.29, 0.717) is 25.0 Å². The summed E-state index contributed by atoms with van der Waals surface area (Å²) in [6.07, 6.45) is 1.63. The van der Waals surface area contributed by atoms with E-state index >= 15 is 0 Å². The molecule has 14 heteroatoms. The Morgan fingerprint density at radius 3 is 1.24 bits per heavy atom.